The molecule has 0 aliphatic carbocycles. The Balaban J connectivity index is 2.21. The zero-order valence-electron chi connectivity index (χ0n) is 21.0. The van der Waals surface area contributed by atoms with E-state index in [4.69, 9.17) is 9.47 Å². The zero-order valence-corrected chi connectivity index (χ0v) is 21.0. The van der Waals surface area contributed by atoms with Gasteiger partial charge in [-0.25, -0.2) is 0 Å². The van der Waals surface area contributed by atoms with Gasteiger partial charge in [-0.2, -0.15) is 0 Å². The van der Waals surface area contributed by atoms with Crippen molar-refractivity contribution in [2.24, 2.45) is 0 Å². The smallest absolute Gasteiger partial charge is 0.261 e. The number of ether oxygens (including phenoxy) is 2. The molecule has 33 heavy (non-hydrogen) atoms. The van der Waals surface area contributed by atoms with Gasteiger partial charge in [0.1, 0.15) is 17.5 Å². The lowest BCUT2D eigenvalue weighted by molar-refractivity contribution is -0.143. The highest BCUT2D eigenvalue weighted by Crippen LogP contribution is 2.20. The van der Waals surface area contributed by atoms with Gasteiger partial charge in [-0.05, 0) is 68.5 Å². The highest BCUT2D eigenvalue weighted by molar-refractivity contribution is 5.88. The van der Waals surface area contributed by atoms with Gasteiger partial charge < -0.3 is 19.7 Å². The van der Waals surface area contributed by atoms with Crippen molar-refractivity contribution in [3.63, 3.8) is 0 Å². The maximum Gasteiger partial charge on any atom is 0.261 e. The number of amides is 2. The van der Waals surface area contributed by atoms with Crippen molar-refractivity contribution in [2.75, 3.05) is 13.7 Å². The molecule has 1 N–H and O–H groups in total. The van der Waals surface area contributed by atoms with Crippen LogP contribution in [0.3, 0.4) is 0 Å². The van der Waals surface area contributed by atoms with Crippen molar-refractivity contribution in [1.29, 1.82) is 0 Å². The van der Waals surface area contributed by atoms with Crippen molar-refractivity contribution in [1.82, 2.24) is 10.2 Å². The number of benzene rings is 2. The first-order valence-corrected chi connectivity index (χ1v) is 11.5. The van der Waals surface area contributed by atoms with Gasteiger partial charge in [-0.3, -0.25) is 9.59 Å². The monoisotopic (exact) mass is 454 g/mol. The van der Waals surface area contributed by atoms with Crippen LogP contribution in [0.1, 0.15) is 65.0 Å². The van der Waals surface area contributed by atoms with E-state index in [1.807, 2.05) is 76.2 Å². The second kappa shape index (κ2) is 11.7. The summed E-state index contributed by atoms with van der Waals surface area (Å²) in [6.07, 6.45) is 0.493. The lowest BCUT2D eigenvalue weighted by atomic mass is 10.0. The van der Waals surface area contributed by atoms with Gasteiger partial charge in [0.25, 0.3) is 5.91 Å². The SMILES string of the molecule is CC[C@@H](C(=O)NC(C)(C)C)N(Cc1ccc(OC)cc1)C(=O)COc1ccc(C(C)C)cc1. The number of nitrogens with zero attached hydrogens (tertiary/aromatic N) is 1. The number of carbonyl (C=O) groups excluding carboxylic acids is 2. The summed E-state index contributed by atoms with van der Waals surface area (Å²) in [7, 11) is 1.61. The molecule has 2 amide bonds. The minimum absolute atomic E-state index is 0.142. The predicted octanol–water partition coefficient (Wildman–Crippen LogP) is 4.92. The zero-order chi connectivity index (χ0) is 24.6. The molecule has 2 aromatic carbocycles. The molecule has 2 aromatic rings. The Labute approximate surface area is 198 Å². The molecule has 0 fully saturated rings. The molecule has 2 rings (SSSR count). The number of methoxy groups -OCH3 is 1. The lowest BCUT2D eigenvalue weighted by Gasteiger charge is -2.33. The van der Waals surface area contributed by atoms with Crippen LogP contribution >= 0.6 is 0 Å². The molecule has 0 aliphatic rings. The van der Waals surface area contributed by atoms with Crippen LogP contribution in [0.4, 0.5) is 0 Å². The first kappa shape index (κ1) is 26.2. The number of nitrogens with one attached hydrogen (secondary N) is 1. The largest absolute Gasteiger partial charge is 0.497 e. The van der Waals surface area contributed by atoms with Gasteiger partial charge in [0.2, 0.25) is 5.91 Å². The Hall–Kier alpha value is -3.02. The maximum atomic E-state index is 13.3. The van der Waals surface area contributed by atoms with Gasteiger partial charge in [0.15, 0.2) is 6.61 Å². The molecule has 180 valence electrons. The van der Waals surface area contributed by atoms with Crippen molar-refractivity contribution in [3.05, 3.63) is 59.7 Å². The summed E-state index contributed by atoms with van der Waals surface area (Å²) in [5, 5.41) is 3.01. The minimum atomic E-state index is -0.606. The summed E-state index contributed by atoms with van der Waals surface area (Å²) >= 11 is 0. The molecular weight excluding hydrogens is 416 g/mol. The molecule has 0 unspecified atom stereocenters. The maximum absolute atomic E-state index is 13.3. The number of hydrogen-bond donors (Lipinski definition) is 1. The van der Waals surface area contributed by atoms with Gasteiger partial charge in [-0.15, -0.1) is 0 Å². The Morgan fingerprint density at radius 1 is 0.970 bits per heavy atom. The highest BCUT2D eigenvalue weighted by atomic mass is 16.5. The van der Waals surface area contributed by atoms with Crippen LogP contribution in [0, 0.1) is 0 Å². The summed E-state index contributed by atoms with van der Waals surface area (Å²) in [5.74, 6) is 1.38. The molecule has 0 saturated heterocycles. The fourth-order valence-electron chi connectivity index (χ4n) is 3.48. The van der Waals surface area contributed by atoms with E-state index in [9.17, 15) is 9.59 Å². The van der Waals surface area contributed by atoms with Crippen LogP contribution in [-0.4, -0.2) is 42.0 Å². The summed E-state index contributed by atoms with van der Waals surface area (Å²) in [6, 6.07) is 14.7. The Kier molecular flexibility index (Phi) is 9.32. The number of carbonyl (C=O) groups is 2. The molecule has 0 bridgehead atoms. The van der Waals surface area contributed by atoms with Gasteiger partial charge >= 0.3 is 0 Å². The summed E-state index contributed by atoms with van der Waals surface area (Å²) in [4.78, 5) is 27.9. The second-order valence-electron chi connectivity index (χ2n) is 9.55. The van der Waals surface area contributed by atoms with Crippen LogP contribution in [0.2, 0.25) is 0 Å². The minimum Gasteiger partial charge on any atom is -0.497 e. The van der Waals surface area contributed by atoms with E-state index in [2.05, 4.69) is 19.2 Å². The predicted molar refractivity (Wildman–Crippen MR) is 132 cm³/mol. The van der Waals surface area contributed by atoms with Gasteiger partial charge in [-0.1, -0.05) is 45.0 Å². The summed E-state index contributed by atoms with van der Waals surface area (Å²) in [6.45, 7) is 12.1. The first-order chi connectivity index (χ1) is 15.5. The van der Waals surface area contributed by atoms with Crippen LogP contribution in [-0.2, 0) is 16.1 Å². The second-order valence-corrected chi connectivity index (χ2v) is 9.55. The molecule has 0 heterocycles. The molecule has 0 saturated carbocycles. The third kappa shape index (κ3) is 8.12. The summed E-state index contributed by atoms with van der Waals surface area (Å²) in [5.41, 5.74) is 1.72. The van der Waals surface area contributed by atoms with Gasteiger partial charge in [0, 0.05) is 12.1 Å². The van der Waals surface area contributed by atoms with E-state index >= 15 is 0 Å². The topological polar surface area (TPSA) is 67.9 Å². The highest BCUT2D eigenvalue weighted by Gasteiger charge is 2.30. The Bertz CT molecular complexity index is 899. The molecule has 0 aromatic heterocycles. The van der Waals surface area contributed by atoms with Crippen molar-refractivity contribution in [3.8, 4) is 11.5 Å². The van der Waals surface area contributed by atoms with Crippen molar-refractivity contribution in [2.45, 2.75) is 72.0 Å². The molecule has 1 atom stereocenters. The van der Waals surface area contributed by atoms with Crippen LogP contribution < -0.4 is 14.8 Å². The molecular formula is C27H38N2O4. The quantitative estimate of drug-likeness (QED) is 0.553. The fraction of sp³-hybridized carbons (Fsp3) is 0.481. The summed E-state index contributed by atoms with van der Waals surface area (Å²) < 4.78 is 11.0. The first-order valence-electron chi connectivity index (χ1n) is 11.5. The Morgan fingerprint density at radius 2 is 1.55 bits per heavy atom. The molecule has 0 spiro atoms. The van der Waals surface area contributed by atoms with E-state index in [0.29, 0.717) is 24.6 Å². The number of hydrogen-bond acceptors (Lipinski definition) is 4. The Morgan fingerprint density at radius 3 is 2.03 bits per heavy atom. The normalized spacial score (nSPS) is 12.2. The van der Waals surface area contributed by atoms with E-state index in [0.717, 1.165) is 11.3 Å². The van der Waals surface area contributed by atoms with E-state index < -0.39 is 11.6 Å². The number of rotatable bonds is 10. The van der Waals surface area contributed by atoms with Crippen LogP contribution in [0.5, 0.6) is 11.5 Å². The van der Waals surface area contributed by atoms with E-state index in [-0.39, 0.29) is 18.4 Å². The molecule has 0 aliphatic heterocycles. The lowest BCUT2D eigenvalue weighted by Crippen LogP contribution is -2.54. The molecule has 0 radical (unpaired) electrons. The average molecular weight is 455 g/mol. The van der Waals surface area contributed by atoms with Crippen molar-refractivity contribution >= 4 is 11.8 Å². The average Bonchev–Trinajstić information content (AvgIpc) is 2.76. The molecule has 6 heteroatoms. The van der Waals surface area contributed by atoms with Crippen molar-refractivity contribution < 1.29 is 19.1 Å². The van der Waals surface area contributed by atoms with Gasteiger partial charge in [0.05, 0.1) is 7.11 Å². The molecule has 6 nitrogen and oxygen atoms in total. The van der Waals surface area contributed by atoms with Crippen LogP contribution in [0.15, 0.2) is 48.5 Å². The fourth-order valence-corrected chi connectivity index (χ4v) is 3.48. The standard InChI is InChI=1S/C27H38N2O4/c1-8-24(26(31)28-27(4,5)6)29(17-20-9-13-22(32-7)14-10-20)25(30)18-33-23-15-11-21(12-16-23)19(2)3/h9-16,19,24H,8,17-18H2,1-7H3,(H,28,31)/t24-/m0/s1. The third-order valence-corrected chi connectivity index (χ3v) is 5.31. The van der Waals surface area contributed by atoms with E-state index in [1.165, 1.54) is 5.56 Å². The van der Waals surface area contributed by atoms with E-state index in [1.54, 1.807) is 12.0 Å². The van der Waals surface area contributed by atoms with Crippen LogP contribution in [0.25, 0.3) is 0 Å². The third-order valence-electron chi connectivity index (χ3n) is 5.31.